The van der Waals surface area contributed by atoms with Crippen LogP contribution < -0.4 is 0 Å². The van der Waals surface area contributed by atoms with Gasteiger partial charge in [-0.15, -0.1) is 6.58 Å². The number of rotatable bonds is 4. The third-order valence-electron chi connectivity index (χ3n) is 1.99. The Morgan fingerprint density at radius 1 is 1.60 bits per heavy atom. The van der Waals surface area contributed by atoms with Crippen molar-refractivity contribution in [2.45, 2.75) is 38.2 Å². The van der Waals surface area contributed by atoms with Crippen LogP contribution in [0.3, 0.4) is 0 Å². The zero-order chi connectivity index (χ0) is 8.20. The molecule has 1 N–H and O–H groups in total. The summed E-state index contributed by atoms with van der Waals surface area (Å²) in [4.78, 5) is 0. The highest BCUT2D eigenvalue weighted by atomic mass is 28.3. The average Bonchev–Trinajstić information content (AvgIpc) is 1.87. The maximum Gasteiger partial charge on any atom is 0.0694 e. The quantitative estimate of drug-likeness (QED) is 0.491. The molecule has 0 saturated carbocycles. The van der Waals surface area contributed by atoms with Crippen molar-refractivity contribution < 1.29 is 5.11 Å². The summed E-state index contributed by atoms with van der Waals surface area (Å²) in [5, 5.41) is 9.24. The van der Waals surface area contributed by atoms with Crippen LogP contribution in [-0.2, 0) is 0 Å². The molecule has 1 unspecified atom stereocenters. The van der Waals surface area contributed by atoms with Gasteiger partial charge >= 0.3 is 0 Å². The maximum absolute atomic E-state index is 9.24. The van der Waals surface area contributed by atoms with Gasteiger partial charge < -0.3 is 5.11 Å². The summed E-state index contributed by atoms with van der Waals surface area (Å²) >= 11 is 0. The van der Waals surface area contributed by atoms with E-state index in [2.05, 4.69) is 26.6 Å². The second kappa shape index (κ2) is 3.94. The first-order valence-electron chi connectivity index (χ1n) is 3.82. The van der Waals surface area contributed by atoms with E-state index in [1.165, 1.54) is 6.04 Å². The van der Waals surface area contributed by atoms with Crippen molar-refractivity contribution in [1.29, 1.82) is 0 Å². The molecule has 1 nitrogen and oxygen atoms in total. The number of hydrogen-bond donors (Lipinski definition) is 1. The van der Waals surface area contributed by atoms with Gasteiger partial charge in [0.15, 0.2) is 0 Å². The smallest absolute Gasteiger partial charge is 0.0694 e. The van der Waals surface area contributed by atoms with Crippen molar-refractivity contribution in [3.8, 4) is 0 Å². The van der Waals surface area contributed by atoms with Crippen LogP contribution in [0.1, 0.15) is 6.92 Å². The predicted octanol–water partition coefficient (Wildman–Crippen LogP) is 2.26. The zero-order valence-electron chi connectivity index (χ0n) is 7.22. The Morgan fingerprint density at radius 2 is 2.10 bits per heavy atom. The van der Waals surface area contributed by atoms with Crippen molar-refractivity contribution in [1.82, 2.24) is 0 Å². The second-order valence-electron chi connectivity index (χ2n) is 3.52. The molecule has 0 radical (unpaired) electrons. The van der Waals surface area contributed by atoms with E-state index in [1.54, 1.807) is 6.08 Å². The third kappa shape index (κ3) is 3.85. The van der Waals surface area contributed by atoms with E-state index in [0.29, 0.717) is 0 Å². The van der Waals surface area contributed by atoms with Crippen LogP contribution in [0.4, 0.5) is 0 Å². The Balaban J connectivity index is 3.75. The summed E-state index contributed by atoms with van der Waals surface area (Å²) in [5.41, 5.74) is 0. The van der Waals surface area contributed by atoms with E-state index in [-0.39, 0.29) is 6.10 Å². The molecule has 0 fully saturated rings. The summed E-state index contributed by atoms with van der Waals surface area (Å²) in [6, 6.07) is 2.19. The van der Waals surface area contributed by atoms with Crippen molar-refractivity contribution in [2.24, 2.45) is 0 Å². The Bertz CT molecular complexity index is 110. The molecule has 10 heavy (non-hydrogen) atoms. The van der Waals surface area contributed by atoms with Crippen LogP contribution in [0, 0.1) is 0 Å². The molecule has 0 amide bonds. The van der Waals surface area contributed by atoms with E-state index < -0.39 is 8.07 Å². The van der Waals surface area contributed by atoms with E-state index in [4.69, 9.17) is 0 Å². The highest BCUT2D eigenvalue weighted by Crippen LogP contribution is 2.16. The molecule has 0 bridgehead atoms. The second-order valence-corrected chi connectivity index (χ2v) is 8.97. The van der Waals surface area contributed by atoms with E-state index in [0.717, 1.165) is 6.04 Å². The normalized spacial score (nSPS) is 14.8. The number of hydrogen-bond acceptors (Lipinski definition) is 1. The van der Waals surface area contributed by atoms with Crippen LogP contribution in [0.2, 0.25) is 25.2 Å². The summed E-state index contributed by atoms with van der Waals surface area (Å²) < 4.78 is 0. The molecular weight excluding hydrogens is 140 g/mol. The monoisotopic (exact) mass is 158 g/mol. The third-order valence-corrected chi connectivity index (χ3v) is 5.43. The van der Waals surface area contributed by atoms with E-state index in [1.807, 2.05) is 0 Å². The van der Waals surface area contributed by atoms with Crippen LogP contribution in [0.15, 0.2) is 12.7 Å². The topological polar surface area (TPSA) is 20.2 Å². The van der Waals surface area contributed by atoms with Gasteiger partial charge in [0.2, 0.25) is 0 Å². The lowest BCUT2D eigenvalue weighted by atomic mass is 10.4. The van der Waals surface area contributed by atoms with Crippen LogP contribution in [0.25, 0.3) is 0 Å². The molecule has 60 valence electrons. The molecule has 0 heterocycles. The number of aliphatic hydroxyl groups is 1. The van der Waals surface area contributed by atoms with Gasteiger partial charge in [0.1, 0.15) is 0 Å². The predicted molar refractivity (Wildman–Crippen MR) is 49.0 cm³/mol. The molecule has 0 aliphatic heterocycles. The Kier molecular flexibility index (Phi) is 3.90. The molecule has 2 heteroatoms. The first-order chi connectivity index (χ1) is 4.52. The van der Waals surface area contributed by atoms with Crippen molar-refractivity contribution in [3.63, 3.8) is 0 Å². The first kappa shape index (κ1) is 9.92. The van der Waals surface area contributed by atoms with Gasteiger partial charge in [-0.1, -0.05) is 32.1 Å². The molecular formula is C8H18OSi. The lowest BCUT2D eigenvalue weighted by Gasteiger charge is -2.21. The molecule has 0 aromatic rings. The molecule has 0 aliphatic rings. The Hall–Kier alpha value is -0.0831. The maximum atomic E-state index is 9.24. The SMILES string of the molecule is C=CC(O)C[Si](C)(C)CC. The molecule has 0 aromatic heterocycles. The van der Waals surface area contributed by atoms with Crippen molar-refractivity contribution in [2.75, 3.05) is 0 Å². The molecule has 0 saturated heterocycles. The molecule has 1 atom stereocenters. The van der Waals surface area contributed by atoms with Crippen LogP contribution in [-0.4, -0.2) is 19.3 Å². The average molecular weight is 158 g/mol. The number of aliphatic hydroxyl groups excluding tert-OH is 1. The summed E-state index contributed by atoms with van der Waals surface area (Å²) in [5.74, 6) is 0. The first-order valence-corrected chi connectivity index (χ1v) is 7.24. The van der Waals surface area contributed by atoms with E-state index in [9.17, 15) is 5.11 Å². The van der Waals surface area contributed by atoms with Gasteiger partial charge in [0, 0.05) is 0 Å². The Labute approximate surface area is 64.8 Å². The van der Waals surface area contributed by atoms with Gasteiger partial charge in [-0.25, -0.2) is 0 Å². The molecule has 0 aromatic carbocycles. The minimum atomic E-state index is -1.08. The van der Waals surface area contributed by atoms with Crippen molar-refractivity contribution >= 4 is 8.07 Å². The minimum absolute atomic E-state index is 0.276. The van der Waals surface area contributed by atoms with E-state index >= 15 is 0 Å². The molecule has 0 aliphatic carbocycles. The lowest BCUT2D eigenvalue weighted by molar-refractivity contribution is 0.242. The van der Waals surface area contributed by atoms with Gasteiger partial charge in [-0.3, -0.25) is 0 Å². The van der Waals surface area contributed by atoms with Crippen molar-refractivity contribution in [3.05, 3.63) is 12.7 Å². The van der Waals surface area contributed by atoms with Crippen LogP contribution >= 0.6 is 0 Å². The lowest BCUT2D eigenvalue weighted by Crippen LogP contribution is -2.28. The summed E-state index contributed by atoms with van der Waals surface area (Å²) in [6.45, 7) is 10.3. The minimum Gasteiger partial charge on any atom is -0.389 e. The van der Waals surface area contributed by atoms with Gasteiger partial charge in [0.05, 0.1) is 14.2 Å². The highest BCUT2D eigenvalue weighted by Gasteiger charge is 2.20. The fraction of sp³-hybridized carbons (Fsp3) is 0.750. The van der Waals surface area contributed by atoms with Gasteiger partial charge in [-0.2, -0.15) is 0 Å². The summed E-state index contributed by atoms with van der Waals surface area (Å²) in [7, 11) is -1.08. The van der Waals surface area contributed by atoms with Crippen LogP contribution in [0.5, 0.6) is 0 Å². The highest BCUT2D eigenvalue weighted by molar-refractivity contribution is 6.77. The van der Waals surface area contributed by atoms with Gasteiger partial charge in [-0.05, 0) is 6.04 Å². The summed E-state index contributed by atoms with van der Waals surface area (Å²) in [6.07, 6.45) is 1.35. The molecule has 0 rings (SSSR count). The largest absolute Gasteiger partial charge is 0.389 e. The standard InChI is InChI=1S/C8H18OSi/c1-5-8(9)7-10(3,4)6-2/h5,8-9H,1,6-7H2,2-4H3. The Morgan fingerprint density at radius 3 is 2.40 bits per heavy atom. The van der Waals surface area contributed by atoms with Gasteiger partial charge in [0.25, 0.3) is 0 Å². The zero-order valence-corrected chi connectivity index (χ0v) is 8.22. The fourth-order valence-electron chi connectivity index (χ4n) is 0.794. The fourth-order valence-corrected chi connectivity index (χ4v) is 2.38. The molecule has 0 spiro atoms.